The molecular weight excluding hydrogens is 319 g/mol. The van der Waals surface area contributed by atoms with E-state index in [2.05, 4.69) is 10.4 Å². The van der Waals surface area contributed by atoms with Gasteiger partial charge in [0.15, 0.2) is 0 Å². The predicted molar refractivity (Wildman–Crippen MR) is 79.0 cm³/mol. The first-order chi connectivity index (χ1) is 9.82. The van der Waals surface area contributed by atoms with Gasteiger partial charge in [-0.3, -0.25) is 19.6 Å². The minimum absolute atomic E-state index is 0.157. The van der Waals surface area contributed by atoms with Crippen molar-refractivity contribution < 1.29 is 9.72 Å². The zero-order valence-electron chi connectivity index (χ0n) is 11.1. The summed E-state index contributed by atoms with van der Waals surface area (Å²) in [6.07, 6.45) is 0. The van der Waals surface area contributed by atoms with Crippen molar-refractivity contribution in [2.45, 2.75) is 6.92 Å². The molecule has 7 nitrogen and oxygen atoms in total. The van der Waals surface area contributed by atoms with Crippen LogP contribution in [0.4, 0.5) is 11.4 Å². The van der Waals surface area contributed by atoms with Gasteiger partial charge in [-0.25, -0.2) is 0 Å². The Bertz CT molecular complexity index is 742. The summed E-state index contributed by atoms with van der Waals surface area (Å²) in [5.41, 5.74) is -0.0751. The molecule has 1 N–H and O–H groups in total. The number of nitrogens with zero attached hydrogens (tertiary/aromatic N) is 3. The first-order valence-corrected chi connectivity index (χ1v) is 6.52. The molecule has 1 aromatic carbocycles. The maximum atomic E-state index is 12.3. The standard InChI is InChI=1S/C12H10Cl2N4O3/c1-6-10(18(20)21)11(17(2)16-6)12(19)15-8-5-3-4-7(13)9(8)14/h3-5H,1-2H3,(H,15,19). The summed E-state index contributed by atoms with van der Waals surface area (Å²) in [6, 6.07) is 4.71. The molecule has 1 amide bonds. The Hall–Kier alpha value is -2.12. The molecule has 0 aliphatic heterocycles. The van der Waals surface area contributed by atoms with Crippen LogP contribution in [0.2, 0.25) is 10.0 Å². The van der Waals surface area contributed by atoms with E-state index in [4.69, 9.17) is 23.2 Å². The van der Waals surface area contributed by atoms with Crippen molar-refractivity contribution in [3.05, 3.63) is 49.7 Å². The molecule has 9 heteroatoms. The fourth-order valence-electron chi connectivity index (χ4n) is 1.90. The number of hydrogen-bond acceptors (Lipinski definition) is 4. The molecule has 2 aromatic rings. The van der Waals surface area contributed by atoms with Gasteiger partial charge in [0.1, 0.15) is 5.69 Å². The smallest absolute Gasteiger partial charge is 0.319 e. The molecule has 0 fully saturated rings. The third-order valence-electron chi connectivity index (χ3n) is 2.79. The van der Waals surface area contributed by atoms with Gasteiger partial charge in [-0.1, -0.05) is 29.3 Å². The number of halogens is 2. The maximum absolute atomic E-state index is 12.3. The van der Waals surface area contributed by atoms with E-state index >= 15 is 0 Å². The van der Waals surface area contributed by atoms with E-state index < -0.39 is 10.8 Å². The highest BCUT2D eigenvalue weighted by molar-refractivity contribution is 6.44. The molecule has 0 aliphatic carbocycles. The predicted octanol–water partition coefficient (Wildman–Crippen LogP) is 3.20. The van der Waals surface area contributed by atoms with E-state index in [0.717, 1.165) is 4.68 Å². The zero-order valence-corrected chi connectivity index (χ0v) is 12.6. The molecule has 0 saturated carbocycles. The van der Waals surface area contributed by atoms with Crippen LogP contribution in [0, 0.1) is 17.0 Å². The highest BCUT2D eigenvalue weighted by Crippen LogP contribution is 2.30. The minimum atomic E-state index is -0.686. The lowest BCUT2D eigenvalue weighted by molar-refractivity contribution is -0.385. The fraction of sp³-hybridized carbons (Fsp3) is 0.167. The van der Waals surface area contributed by atoms with Gasteiger partial charge in [0.05, 0.1) is 20.7 Å². The van der Waals surface area contributed by atoms with Gasteiger partial charge in [-0.15, -0.1) is 0 Å². The molecule has 2 rings (SSSR count). The molecular formula is C12H10Cl2N4O3. The van der Waals surface area contributed by atoms with Crippen LogP contribution in [0.1, 0.15) is 16.2 Å². The second kappa shape index (κ2) is 5.71. The molecule has 110 valence electrons. The topological polar surface area (TPSA) is 90.1 Å². The highest BCUT2D eigenvalue weighted by atomic mass is 35.5. The van der Waals surface area contributed by atoms with Gasteiger partial charge in [0.2, 0.25) is 5.69 Å². The van der Waals surface area contributed by atoms with Crippen molar-refractivity contribution in [1.82, 2.24) is 9.78 Å². The Labute approximate surface area is 129 Å². The Morgan fingerprint density at radius 3 is 2.71 bits per heavy atom. The Balaban J connectivity index is 2.42. The molecule has 0 aliphatic rings. The Kier molecular flexibility index (Phi) is 4.15. The lowest BCUT2D eigenvalue weighted by Crippen LogP contribution is -2.17. The Morgan fingerprint density at radius 1 is 1.43 bits per heavy atom. The van der Waals surface area contributed by atoms with Crippen molar-refractivity contribution >= 4 is 40.5 Å². The first-order valence-electron chi connectivity index (χ1n) is 5.76. The van der Waals surface area contributed by atoms with Crippen molar-refractivity contribution in [2.75, 3.05) is 5.32 Å². The van der Waals surface area contributed by atoms with Crippen LogP contribution >= 0.6 is 23.2 Å². The van der Waals surface area contributed by atoms with Crippen LogP contribution in [-0.2, 0) is 7.05 Å². The number of aryl methyl sites for hydroxylation is 2. The van der Waals surface area contributed by atoms with E-state index in [9.17, 15) is 14.9 Å². The first kappa shape index (κ1) is 15.3. The van der Waals surface area contributed by atoms with Gasteiger partial charge < -0.3 is 5.32 Å². The van der Waals surface area contributed by atoms with Crippen molar-refractivity contribution in [3.63, 3.8) is 0 Å². The van der Waals surface area contributed by atoms with Crippen molar-refractivity contribution in [3.8, 4) is 0 Å². The van der Waals surface area contributed by atoms with Gasteiger partial charge >= 0.3 is 5.69 Å². The lowest BCUT2D eigenvalue weighted by Gasteiger charge is -2.08. The van der Waals surface area contributed by atoms with E-state index in [1.165, 1.54) is 14.0 Å². The second-order valence-corrected chi connectivity index (χ2v) is 5.00. The number of carbonyl (C=O) groups is 1. The van der Waals surface area contributed by atoms with Crippen LogP contribution in [0.25, 0.3) is 0 Å². The average molecular weight is 329 g/mol. The Morgan fingerprint density at radius 2 is 2.10 bits per heavy atom. The van der Waals surface area contributed by atoms with Gasteiger partial charge in [-0.2, -0.15) is 5.10 Å². The number of benzene rings is 1. The molecule has 0 bridgehead atoms. The number of amides is 1. The average Bonchev–Trinajstić information content (AvgIpc) is 2.70. The fourth-order valence-corrected chi connectivity index (χ4v) is 2.25. The van der Waals surface area contributed by atoms with Gasteiger partial charge in [0.25, 0.3) is 5.91 Å². The van der Waals surface area contributed by atoms with Crippen LogP contribution in [0.3, 0.4) is 0 Å². The molecule has 0 saturated heterocycles. The quantitative estimate of drug-likeness (QED) is 0.691. The molecule has 0 radical (unpaired) electrons. The number of aromatic nitrogens is 2. The molecule has 1 aromatic heterocycles. The summed E-state index contributed by atoms with van der Waals surface area (Å²) in [7, 11) is 1.45. The third kappa shape index (κ3) is 2.84. The SMILES string of the molecule is Cc1nn(C)c(C(=O)Nc2cccc(Cl)c2Cl)c1[N+](=O)[O-]. The number of nitrogens with one attached hydrogen (secondary N) is 1. The van der Waals surface area contributed by atoms with E-state index in [1.807, 2.05) is 0 Å². The minimum Gasteiger partial charge on any atom is -0.319 e. The highest BCUT2D eigenvalue weighted by Gasteiger charge is 2.29. The number of nitro groups is 1. The summed E-state index contributed by atoms with van der Waals surface area (Å²) in [6.45, 7) is 1.46. The second-order valence-electron chi connectivity index (χ2n) is 4.22. The zero-order chi connectivity index (χ0) is 15.7. The summed E-state index contributed by atoms with van der Waals surface area (Å²) >= 11 is 11.8. The summed E-state index contributed by atoms with van der Waals surface area (Å²) in [5, 5.41) is 17.9. The van der Waals surface area contributed by atoms with E-state index in [-0.39, 0.29) is 32.8 Å². The number of carbonyl (C=O) groups excluding carboxylic acids is 1. The summed E-state index contributed by atoms with van der Waals surface area (Å²) in [4.78, 5) is 22.7. The van der Waals surface area contributed by atoms with Crippen LogP contribution < -0.4 is 5.32 Å². The number of rotatable bonds is 3. The summed E-state index contributed by atoms with van der Waals surface area (Å²) < 4.78 is 1.15. The van der Waals surface area contributed by atoms with Gasteiger partial charge in [0, 0.05) is 7.05 Å². The largest absolute Gasteiger partial charge is 0.322 e. The van der Waals surface area contributed by atoms with Crippen molar-refractivity contribution in [2.24, 2.45) is 7.05 Å². The van der Waals surface area contributed by atoms with Gasteiger partial charge in [-0.05, 0) is 19.1 Å². The number of hydrogen-bond donors (Lipinski definition) is 1. The molecule has 21 heavy (non-hydrogen) atoms. The van der Waals surface area contributed by atoms with Crippen LogP contribution in [0.15, 0.2) is 18.2 Å². The van der Waals surface area contributed by atoms with E-state index in [0.29, 0.717) is 0 Å². The lowest BCUT2D eigenvalue weighted by atomic mass is 10.2. The molecule has 0 spiro atoms. The molecule has 0 atom stereocenters. The van der Waals surface area contributed by atoms with Crippen LogP contribution in [-0.4, -0.2) is 20.6 Å². The van der Waals surface area contributed by atoms with E-state index in [1.54, 1.807) is 18.2 Å². The monoisotopic (exact) mass is 328 g/mol. The normalized spacial score (nSPS) is 10.5. The number of anilines is 1. The maximum Gasteiger partial charge on any atom is 0.322 e. The molecule has 0 unspecified atom stereocenters. The van der Waals surface area contributed by atoms with Crippen LogP contribution in [0.5, 0.6) is 0 Å². The third-order valence-corrected chi connectivity index (χ3v) is 3.61. The summed E-state index contributed by atoms with van der Waals surface area (Å²) in [5.74, 6) is -0.686. The van der Waals surface area contributed by atoms with Crippen molar-refractivity contribution in [1.29, 1.82) is 0 Å². The molecule has 1 heterocycles.